The minimum Gasteiger partial charge on any atom is -0.444 e. The molecule has 2 atom stereocenters. The Hall–Kier alpha value is -2.05. The standard InChI is InChI=1S/C17H29N5O2.C2H6/c1-12(20-16(23)24-17(2,3)4)13-7-6-10-22(11-13)15-19-9-8-14(18-5)21-15;1-2/h8-9,12-13H,6-7,10-11H2,1-5H3,(H,20,23)(H,18,19,21);1-2H3. The van der Waals surface area contributed by atoms with Gasteiger partial charge in [0.05, 0.1) is 0 Å². The number of piperidine rings is 1. The third kappa shape index (κ3) is 7.06. The topological polar surface area (TPSA) is 79.4 Å². The lowest BCUT2D eigenvalue weighted by molar-refractivity contribution is 0.0489. The molecule has 1 amide bonds. The van der Waals surface area contributed by atoms with Crippen molar-refractivity contribution in [1.29, 1.82) is 0 Å². The summed E-state index contributed by atoms with van der Waals surface area (Å²) in [7, 11) is 1.85. The van der Waals surface area contributed by atoms with Gasteiger partial charge in [0.25, 0.3) is 0 Å². The molecule has 7 nitrogen and oxygen atoms in total. The van der Waals surface area contributed by atoms with Crippen molar-refractivity contribution >= 4 is 17.9 Å². The second-order valence-corrected chi connectivity index (χ2v) is 7.28. The van der Waals surface area contributed by atoms with Gasteiger partial charge >= 0.3 is 6.09 Å². The number of carbonyl (C=O) groups excluding carboxylic acids is 1. The van der Waals surface area contributed by atoms with E-state index in [0.29, 0.717) is 5.92 Å². The maximum Gasteiger partial charge on any atom is 0.407 e. The fourth-order valence-electron chi connectivity index (χ4n) is 2.85. The number of amides is 1. The summed E-state index contributed by atoms with van der Waals surface area (Å²) >= 11 is 0. The summed E-state index contributed by atoms with van der Waals surface area (Å²) in [6, 6.07) is 1.88. The molecule has 2 N–H and O–H groups in total. The van der Waals surface area contributed by atoms with E-state index in [0.717, 1.165) is 37.7 Å². The minimum atomic E-state index is -0.482. The quantitative estimate of drug-likeness (QED) is 0.847. The molecule has 0 aliphatic carbocycles. The monoisotopic (exact) mass is 365 g/mol. The van der Waals surface area contributed by atoms with Gasteiger partial charge in [-0.15, -0.1) is 0 Å². The second-order valence-electron chi connectivity index (χ2n) is 7.28. The molecule has 0 radical (unpaired) electrons. The van der Waals surface area contributed by atoms with E-state index in [4.69, 9.17) is 4.74 Å². The lowest BCUT2D eigenvalue weighted by Crippen LogP contribution is -2.47. The molecule has 1 aromatic heterocycles. The molecule has 1 aliphatic heterocycles. The highest BCUT2D eigenvalue weighted by atomic mass is 16.6. The van der Waals surface area contributed by atoms with E-state index < -0.39 is 5.60 Å². The fourth-order valence-corrected chi connectivity index (χ4v) is 2.85. The number of ether oxygens (including phenoxy) is 1. The highest BCUT2D eigenvalue weighted by Gasteiger charge is 2.28. The zero-order chi connectivity index (χ0) is 19.7. The second kappa shape index (κ2) is 10.2. The zero-order valence-corrected chi connectivity index (χ0v) is 17.3. The lowest BCUT2D eigenvalue weighted by atomic mass is 9.92. The number of nitrogens with one attached hydrogen (secondary N) is 2. The van der Waals surface area contributed by atoms with Crippen LogP contribution in [0.4, 0.5) is 16.6 Å². The molecule has 0 bridgehead atoms. The molecule has 7 heteroatoms. The molecule has 2 rings (SSSR count). The summed E-state index contributed by atoms with van der Waals surface area (Å²) in [4.78, 5) is 23.0. The van der Waals surface area contributed by atoms with Crippen molar-refractivity contribution in [3.8, 4) is 0 Å². The fraction of sp³-hybridized carbons (Fsp3) is 0.737. The Morgan fingerprint density at radius 2 is 2.08 bits per heavy atom. The van der Waals surface area contributed by atoms with Crippen LogP contribution >= 0.6 is 0 Å². The Bertz CT molecular complexity index is 559. The lowest BCUT2D eigenvalue weighted by Gasteiger charge is -2.36. The van der Waals surface area contributed by atoms with Crippen LogP contribution in [0.2, 0.25) is 0 Å². The molecule has 2 heterocycles. The number of anilines is 2. The van der Waals surface area contributed by atoms with E-state index in [-0.39, 0.29) is 12.1 Å². The smallest absolute Gasteiger partial charge is 0.407 e. The first-order valence-corrected chi connectivity index (χ1v) is 9.54. The third-order valence-electron chi connectivity index (χ3n) is 4.09. The van der Waals surface area contributed by atoms with Crippen molar-refractivity contribution in [2.45, 2.75) is 66.0 Å². The normalized spacial score (nSPS) is 18.3. The molecule has 26 heavy (non-hydrogen) atoms. The van der Waals surface area contributed by atoms with Crippen molar-refractivity contribution in [2.75, 3.05) is 30.4 Å². The van der Waals surface area contributed by atoms with E-state index in [2.05, 4.69) is 25.5 Å². The summed E-state index contributed by atoms with van der Waals surface area (Å²) in [5.41, 5.74) is -0.482. The van der Waals surface area contributed by atoms with Gasteiger partial charge in [-0.25, -0.2) is 9.78 Å². The first-order chi connectivity index (χ1) is 12.3. The molecule has 0 spiro atoms. The number of hydrogen-bond acceptors (Lipinski definition) is 6. The molecular weight excluding hydrogens is 330 g/mol. The first-order valence-electron chi connectivity index (χ1n) is 9.54. The molecule has 148 valence electrons. The number of aromatic nitrogens is 2. The van der Waals surface area contributed by atoms with Crippen molar-refractivity contribution in [3.63, 3.8) is 0 Å². The van der Waals surface area contributed by atoms with Crippen LogP contribution < -0.4 is 15.5 Å². The average molecular weight is 366 g/mol. The van der Waals surface area contributed by atoms with Gasteiger partial charge in [0, 0.05) is 32.4 Å². The molecule has 1 aromatic rings. The van der Waals surface area contributed by atoms with Gasteiger partial charge in [0.1, 0.15) is 11.4 Å². The average Bonchev–Trinajstić information content (AvgIpc) is 2.62. The van der Waals surface area contributed by atoms with Crippen LogP contribution in [-0.4, -0.2) is 47.8 Å². The summed E-state index contributed by atoms with van der Waals surface area (Å²) in [6.07, 6.45) is 3.53. The maximum absolute atomic E-state index is 12.0. The maximum atomic E-state index is 12.0. The molecule has 2 unspecified atom stereocenters. The summed E-state index contributed by atoms with van der Waals surface area (Å²) in [5.74, 6) is 1.88. The van der Waals surface area contributed by atoms with Crippen LogP contribution in [0, 0.1) is 5.92 Å². The van der Waals surface area contributed by atoms with Crippen LogP contribution in [0.5, 0.6) is 0 Å². The minimum absolute atomic E-state index is 0.0372. The summed E-state index contributed by atoms with van der Waals surface area (Å²) in [5, 5.41) is 6.00. The number of hydrogen-bond donors (Lipinski definition) is 2. The van der Waals surface area contributed by atoms with E-state index in [1.54, 1.807) is 6.20 Å². The molecule has 1 aliphatic rings. The van der Waals surface area contributed by atoms with Crippen molar-refractivity contribution in [3.05, 3.63) is 12.3 Å². The van der Waals surface area contributed by atoms with Gasteiger partial charge in [-0.05, 0) is 52.5 Å². The van der Waals surface area contributed by atoms with Crippen molar-refractivity contribution in [2.24, 2.45) is 5.92 Å². The summed E-state index contributed by atoms with van der Waals surface area (Å²) in [6.45, 7) is 13.4. The Labute approximate surface area is 157 Å². The van der Waals surface area contributed by atoms with Gasteiger partial charge in [-0.3, -0.25) is 0 Å². The van der Waals surface area contributed by atoms with Gasteiger partial charge in [0.15, 0.2) is 0 Å². The first kappa shape index (κ1) is 22.0. The van der Waals surface area contributed by atoms with Crippen LogP contribution in [0.25, 0.3) is 0 Å². The van der Waals surface area contributed by atoms with E-state index in [9.17, 15) is 4.79 Å². The molecule has 1 saturated heterocycles. The molecule has 0 aromatic carbocycles. The highest BCUT2D eigenvalue weighted by molar-refractivity contribution is 5.68. The van der Waals surface area contributed by atoms with Gasteiger partial charge < -0.3 is 20.3 Å². The van der Waals surface area contributed by atoms with Gasteiger partial charge in [-0.2, -0.15) is 4.98 Å². The van der Waals surface area contributed by atoms with Crippen LogP contribution in [0.3, 0.4) is 0 Å². The van der Waals surface area contributed by atoms with Crippen LogP contribution in [0.1, 0.15) is 54.4 Å². The Kier molecular flexibility index (Phi) is 8.61. The third-order valence-corrected chi connectivity index (χ3v) is 4.09. The van der Waals surface area contributed by atoms with Crippen LogP contribution in [0.15, 0.2) is 12.3 Å². The number of carbonyl (C=O) groups is 1. The SMILES string of the molecule is CC.CNc1ccnc(N2CCCC(C(C)NC(=O)OC(C)(C)C)C2)n1. The number of rotatable bonds is 4. The molecular formula is C19H35N5O2. The largest absolute Gasteiger partial charge is 0.444 e. The summed E-state index contributed by atoms with van der Waals surface area (Å²) < 4.78 is 5.34. The van der Waals surface area contributed by atoms with Crippen molar-refractivity contribution in [1.82, 2.24) is 15.3 Å². The number of alkyl carbamates (subject to hydrolysis) is 1. The van der Waals surface area contributed by atoms with Crippen LogP contribution in [-0.2, 0) is 4.74 Å². The predicted molar refractivity (Wildman–Crippen MR) is 107 cm³/mol. The van der Waals surface area contributed by atoms with E-state index in [1.807, 2.05) is 54.7 Å². The van der Waals surface area contributed by atoms with E-state index in [1.165, 1.54) is 0 Å². The molecule has 0 saturated carbocycles. The highest BCUT2D eigenvalue weighted by Crippen LogP contribution is 2.23. The van der Waals surface area contributed by atoms with Crippen molar-refractivity contribution < 1.29 is 9.53 Å². The van der Waals surface area contributed by atoms with Gasteiger partial charge in [-0.1, -0.05) is 13.8 Å². The van der Waals surface area contributed by atoms with Gasteiger partial charge in [0.2, 0.25) is 5.95 Å². The Balaban J connectivity index is 0.00000163. The molecule has 1 fully saturated rings. The Morgan fingerprint density at radius 3 is 2.69 bits per heavy atom. The number of nitrogens with zero attached hydrogens (tertiary/aromatic N) is 3. The zero-order valence-electron chi connectivity index (χ0n) is 17.3. The van der Waals surface area contributed by atoms with E-state index >= 15 is 0 Å². The predicted octanol–water partition coefficient (Wildman–Crippen LogP) is 3.67. The Morgan fingerprint density at radius 1 is 1.38 bits per heavy atom.